The van der Waals surface area contributed by atoms with Gasteiger partial charge < -0.3 is 14.8 Å². The number of nitrogens with one attached hydrogen (secondary N) is 1. The minimum atomic E-state index is -0.804. The SMILES string of the molecule is CCOc1cccc(/C(O)=C2\C(=O)C(=O)N(c3ccc(C(C)C)cc3)C2c2c[nH]c3ccccc23)c1. The lowest BCUT2D eigenvalue weighted by Crippen LogP contribution is -2.29. The van der Waals surface area contributed by atoms with Crippen molar-refractivity contribution >= 4 is 34.0 Å². The summed E-state index contributed by atoms with van der Waals surface area (Å²) in [6.45, 7) is 6.54. The predicted molar refractivity (Wildman–Crippen MR) is 141 cm³/mol. The Hall–Kier alpha value is -4.32. The van der Waals surface area contributed by atoms with E-state index in [1.165, 1.54) is 4.90 Å². The number of carbonyl (C=O) groups excluding carboxylic acids is 2. The number of benzene rings is 3. The van der Waals surface area contributed by atoms with Gasteiger partial charge in [0, 0.05) is 33.9 Å². The van der Waals surface area contributed by atoms with Crippen LogP contribution < -0.4 is 9.64 Å². The summed E-state index contributed by atoms with van der Waals surface area (Å²) < 4.78 is 5.58. The third-order valence-electron chi connectivity index (χ3n) is 6.62. The number of hydrogen-bond donors (Lipinski definition) is 2. The highest BCUT2D eigenvalue weighted by atomic mass is 16.5. The number of amides is 1. The van der Waals surface area contributed by atoms with Crippen molar-refractivity contribution in [1.82, 2.24) is 4.98 Å². The molecule has 1 amide bonds. The molecule has 2 N–H and O–H groups in total. The molecule has 1 aromatic heterocycles. The number of Topliss-reactive ketones (excluding diaryl/α,β-unsaturated/α-hetero) is 1. The van der Waals surface area contributed by atoms with Gasteiger partial charge in [-0.1, -0.05) is 56.3 Å². The fraction of sp³-hybridized carbons (Fsp3) is 0.200. The van der Waals surface area contributed by atoms with E-state index in [1.54, 1.807) is 30.5 Å². The molecular formula is C30H28N2O4. The molecule has 1 unspecified atom stereocenters. The average molecular weight is 481 g/mol. The van der Waals surface area contributed by atoms with Crippen LogP contribution in [0.15, 0.2) is 84.6 Å². The molecule has 5 rings (SSSR count). The highest BCUT2D eigenvalue weighted by Crippen LogP contribution is 2.44. The number of aliphatic hydroxyl groups excluding tert-OH is 1. The van der Waals surface area contributed by atoms with E-state index in [4.69, 9.17) is 4.74 Å². The second-order valence-electron chi connectivity index (χ2n) is 9.17. The van der Waals surface area contributed by atoms with E-state index in [0.29, 0.717) is 29.5 Å². The number of ketones is 1. The van der Waals surface area contributed by atoms with Gasteiger partial charge in [-0.25, -0.2) is 0 Å². The summed E-state index contributed by atoms with van der Waals surface area (Å²) in [5.41, 5.74) is 3.81. The Kier molecular flexibility index (Phi) is 6.10. The number of aliphatic hydroxyl groups is 1. The number of anilines is 1. The van der Waals surface area contributed by atoms with Crippen molar-refractivity contribution in [1.29, 1.82) is 0 Å². The summed E-state index contributed by atoms with van der Waals surface area (Å²) in [5, 5.41) is 12.3. The third kappa shape index (κ3) is 3.94. The monoisotopic (exact) mass is 480 g/mol. The van der Waals surface area contributed by atoms with Crippen LogP contribution in [0.1, 0.15) is 49.4 Å². The topological polar surface area (TPSA) is 82.6 Å². The largest absolute Gasteiger partial charge is 0.507 e. The number of ether oxygens (including phenoxy) is 1. The Morgan fingerprint density at radius 1 is 1.03 bits per heavy atom. The van der Waals surface area contributed by atoms with Crippen LogP contribution in [0.3, 0.4) is 0 Å². The zero-order chi connectivity index (χ0) is 25.4. The molecule has 0 aliphatic carbocycles. The number of rotatable bonds is 6. The van der Waals surface area contributed by atoms with Crippen molar-refractivity contribution in [3.05, 3.63) is 101 Å². The maximum Gasteiger partial charge on any atom is 0.300 e. The Morgan fingerprint density at radius 3 is 2.50 bits per heavy atom. The van der Waals surface area contributed by atoms with Gasteiger partial charge in [0.1, 0.15) is 11.5 Å². The molecule has 0 spiro atoms. The molecule has 4 aromatic rings. The van der Waals surface area contributed by atoms with Gasteiger partial charge >= 0.3 is 0 Å². The van der Waals surface area contributed by atoms with Gasteiger partial charge in [0.25, 0.3) is 11.7 Å². The van der Waals surface area contributed by atoms with E-state index in [0.717, 1.165) is 22.0 Å². The summed E-state index contributed by atoms with van der Waals surface area (Å²) in [6, 6.07) is 21.5. The summed E-state index contributed by atoms with van der Waals surface area (Å²) in [6.07, 6.45) is 1.81. The Labute approximate surface area is 209 Å². The van der Waals surface area contributed by atoms with E-state index >= 15 is 0 Å². The molecule has 0 radical (unpaired) electrons. The van der Waals surface area contributed by atoms with Crippen LogP contribution >= 0.6 is 0 Å². The van der Waals surface area contributed by atoms with E-state index < -0.39 is 17.7 Å². The number of fused-ring (bicyclic) bond motifs is 1. The molecule has 0 bridgehead atoms. The standard InChI is InChI=1S/C30H28N2O4/c1-4-36-22-9-7-8-20(16-22)28(33)26-27(24-17-31-25-11-6-5-10-23(24)25)32(30(35)29(26)34)21-14-12-19(13-15-21)18(2)3/h5-18,27,31,33H,4H2,1-3H3/b28-26+. The Morgan fingerprint density at radius 2 is 1.78 bits per heavy atom. The summed E-state index contributed by atoms with van der Waals surface area (Å²) >= 11 is 0. The molecule has 0 saturated carbocycles. The van der Waals surface area contributed by atoms with E-state index in [1.807, 2.05) is 55.5 Å². The van der Waals surface area contributed by atoms with Crippen molar-refractivity contribution in [3.8, 4) is 5.75 Å². The van der Waals surface area contributed by atoms with Crippen LogP contribution in [-0.2, 0) is 9.59 Å². The molecule has 1 aliphatic rings. The molecular weight excluding hydrogens is 452 g/mol. The first-order valence-corrected chi connectivity index (χ1v) is 12.1. The normalized spacial score (nSPS) is 17.3. The minimum absolute atomic E-state index is 0.0475. The molecule has 1 saturated heterocycles. The first-order chi connectivity index (χ1) is 17.4. The predicted octanol–water partition coefficient (Wildman–Crippen LogP) is 6.32. The second kappa shape index (κ2) is 9.38. The van der Waals surface area contributed by atoms with Crippen LogP contribution in [0.5, 0.6) is 5.75 Å². The number of aromatic amines is 1. The van der Waals surface area contributed by atoms with Gasteiger partial charge in [0.2, 0.25) is 0 Å². The first kappa shape index (κ1) is 23.4. The van der Waals surface area contributed by atoms with Crippen LogP contribution in [0.4, 0.5) is 5.69 Å². The fourth-order valence-electron chi connectivity index (χ4n) is 4.79. The Balaban J connectivity index is 1.72. The Bertz CT molecular complexity index is 1480. The molecule has 1 aliphatic heterocycles. The quantitative estimate of drug-likeness (QED) is 0.192. The van der Waals surface area contributed by atoms with Crippen LogP contribution in [0.25, 0.3) is 16.7 Å². The number of para-hydroxylation sites is 1. The van der Waals surface area contributed by atoms with E-state index in [2.05, 4.69) is 18.8 Å². The molecule has 1 fully saturated rings. The summed E-state index contributed by atoms with van der Waals surface area (Å²) in [5.74, 6) is -0.728. The summed E-state index contributed by atoms with van der Waals surface area (Å²) in [4.78, 5) is 31.7. The van der Waals surface area contributed by atoms with Gasteiger partial charge in [-0.15, -0.1) is 0 Å². The fourth-order valence-corrected chi connectivity index (χ4v) is 4.79. The van der Waals surface area contributed by atoms with Crippen LogP contribution in [-0.4, -0.2) is 28.4 Å². The highest BCUT2D eigenvalue weighted by Gasteiger charge is 2.47. The van der Waals surface area contributed by atoms with Crippen molar-refractivity contribution in [2.45, 2.75) is 32.7 Å². The van der Waals surface area contributed by atoms with Crippen molar-refractivity contribution in [3.63, 3.8) is 0 Å². The number of H-pyrrole nitrogens is 1. The molecule has 36 heavy (non-hydrogen) atoms. The number of hydrogen-bond acceptors (Lipinski definition) is 4. The second-order valence-corrected chi connectivity index (χ2v) is 9.17. The minimum Gasteiger partial charge on any atom is -0.507 e. The van der Waals surface area contributed by atoms with Gasteiger partial charge in [-0.2, -0.15) is 0 Å². The van der Waals surface area contributed by atoms with Crippen molar-refractivity contribution in [2.24, 2.45) is 0 Å². The maximum atomic E-state index is 13.5. The zero-order valence-electron chi connectivity index (χ0n) is 20.5. The lowest BCUT2D eigenvalue weighted by atomic mass is 9.94. The smallest absolute Gasteiger partial charge is 0.300 e. The van der Waals surface area contributed by atoms with Crippen molar-refractivity contribution < 1.29 is 19.4 Å². The van der Waals surface area contributed by atoms with Crippen LogP contribution in [0.2, 0.25) is 0 Å². The van der Waals surface area contributed by atoms with E-state index in [9.17, 15) is 14.7 Å². The first-order valence-electron chi connectivity index (χ1n) is 12.1. The molecule has 1 atom stereocenters. The molecule has 182 valence electrons. The third-order valence-corrected chi connectivity index (χ3v) is 6.62. The van der Waals surface area contributed by atoms with Gasteiger partial charge in [0.15, 0.2) is 0 Å². The number of aromatic nitrogens is 1. The van der Waals surface area contributed by atoms with Gasteiger partial charge in [0.05, 0.1) is 18.2 Å². The maximum absolute atomic E-state index is 13.5. The van der Waals surface area contributed by atoms with E-state index in [-0.39, 0.29) is 11.3 Å². The molecule has 2 heterocycles. The molecule has 6 nitrogen and oxygen atoms in total. The zero-order valence-corrected chi connectivity index (χ0v) is 20.5. The lowest BCUT2D eigenvalue weighted by molar-refractivity contribution is -0.132. The van der Waals surface area contributed by atoms with Gasteiger partial charge in [-0.3, -0.25) is 14.5 Å². The average Bonchev–Trinajstić information content (AvgIpc) is 3.42. The molecule has 6 heteroatoms. The number of nitrogens with zero attached hydrogens (tertiary/aromatic N) is 1. The van der Waals surface area contributed by atoms with Crippen molar-refractivity contribution in [2.75, 3.05) is 11.5 Å². The van der Waals surface area contributed by atoms with Gasteiger partial charge in [-0.05, 0) is 48.7 Å². The van der Waals surface area contributed by atoms with Crippen LogP contribution in [0, 0.1) is 0 Å². The lowest BCUT2D eigenvalue weighted by Gasteiger charge is -2.25. The number of carbonyl (C=O) groups is 2. The molecule has 3 aromatic carbocycles. The summed E-state index contributed by atoms with van der Waals surface area (Å²) in [7, 11) is 0. The highest BCUT2D eigenvalue weighted by molar-refractivity contribution is 6.51.